The Kier molecular flexibility index (Phi) is 61.1. The maximum atomic E-state index is 13.0. The van der Waals surface area contributed by atoms with E-state index >= 15 is 0 Å². The van der Waals surface area contributed by atoms with Crippen LogP contribution in [0.3, 0.4) is 0 Å². The first-order valence-electron chi connectivity index (χ1n) is 36.1. The fourth-order valence-corrected chi connectivity index (χ4v) is 12.0. The molecule has 0 aliphatic carbocycles. The van der Waals surface area contributed by atoms with Crippen LogP contribution < -0.4 is 0 Å². The second-order valence-electron chi connectivity index (χ2n) is 25.4. The molecule has 0 radical (unpaired) electrons. The molecule has 0 aliphatic heterocycles. The molecule has 0 aliphatic rings. The van der Waals surface area contributed by atoms with Gasteiger partial charge in [0, 0.05) is 25.7 Å². The van der Waals surface area contributed by atoms with Crippen molar-refractivity contribution in [2.75, 3.05) is 39.6 Å². The zero-order valence-corrected chi connectivity index (χ0v) is 58.6. The van der Waals surface area contributed by atoms with Gasteiger partial charge in [0.2, 0.25) is 0 Å². The summed E-state index contributed by atoms with van der Waals surface area (Å²) in [6.07, 6.45) is 48.8. The molecule has 0 aromatic rings. The van der Waals surface area contributed by atoms with Gasteiger partial charge in [-0.2, -0.15) is 0 Å². The molecule has 0 spiro atoms. The highest BCUT2D eigenvalue weighted by Crippen LogP contribution is 2.45. The molecule has 0 bridgehead atoms. The Morgan fingerprint density at radius 1 is 0.307 bits per heavy atom. The van der Waals surface area contributed by atoms with E-state index in [-0.39, 0.29) is 25.7 Å². The lowest BCUT2D eigenvalue weighted by Gasteiger charge is -2.21. The van der Waals surface area contributed by atoms with Crippen molar-refractivity contribution in [3.63, 3.8) is 0 Å². The van der Waals surface area contributed by atoms with E-state index in [9.17, 15) is 43.2 Å². The molecule has 3 N–H and O–H groups in total. The summed E-state index contributed by atoms with van der Waals surface area (Å²) < 4.78 is 68.1. The van der Waals surface area contributed by atoms with Crippen LogP contribution in [0.15, 0.2) is 0 Å². The molecule has 19 heteroatoms. The van der Waals surface area contributed by atoms with Crippen molar-refractivity contribution in [1.82, 2.24) is 0 Å². The Morgan fingerprint density at radius 2 is 0.523 bits per heavy atom. The molecule has 0 aromatic heterocycles. The van der Waals surface area contributed by atoms with Crippen molar-refractivity contribution >= 4 is 39.5 Å². The van der Waals surface area contributed by atoms with Crippen molar-refractivity contribution in [2.45, 2.75) is 374 Å². The largest absolute Gasteiger partial charge is 0.472 e. The molecule has 0 saturated heterocycles. The van der Waals surface area contributed by atoms with Crippen LogP contribution in [0.25, 0.3) is 0 Å². The molecule has 0 amide bonds. The fourth-order valence-electron chi connectivity index (χ4n) is 10.5. The van der Waals surface area contributed by atoms with Crippen molar-refractivity contribution in [1.29, 1.82) is 0 Å². The SMILES string of the molecule is CCCCCCCCCCCCCCCCCCCCCCC(=O)O[C@H](COC(=O)CCCCCCCCCC(C)C)COP(=O)(O)OC[C@@H](O)COP(=O)(O)OC[C@@H](COC(=O)CCCCCCCCCC)OC(=O)CCCCCCCCCCCC. The number of phosphoric ester groups is 2. The van der Waals surface area contributed by atoms with Crippen LogP contribution in [0.4, 0.5) is 0 Å². The molecule has 0 saturated carbocycles. The number of carbonyl (C=O) groups excluding carboxylic acids is 4. The zero-order valence-electron chi connectivity index (χ0n) is 56.9. The first kappa shape index (κ1) is 86.1. The van der Waals surface area contributed by atoms with E-state index in [1.54, 1.807) is 0 Å². The number of esters is 4. The minimum atomic E-state index is -4.95. The van der Waals surface area contributed by atoms with E-state index in [0.29, 0.717) is 31.6 Å². The molecule has 0 heterocycles. The number of rotatable bonds is 69. The summed E-state index contributed by atoms with van der Waals surface area (Å²) in [6.45, 7) is 7.14. The highest BCUT2D eigenvalue weighted by molar-refractivity contribution is 7.47. The molecule has 2 unspecified atom stereocenters. The second kappa shape index (κ2) is 62.5. The smallest absolute Gasteiger partial charge is 0.462 e. The van der Waals surface area contributed by atoms with E-state index in [0.717, 1.165) is 103 Å². The van der Waals surface area contributed by atoms with Crippen LogP contribution in [0.5, 0.6) is 0 Å². The maximum absolute atomic E-state index is 13.0. The van der Waals surface area contributed by atoms with Crippen molar-refractivity contribution < 1.29 is 80.2 Å². The van der Waals surface area contributed by atoms with Crippen molar-refractivity contribution in [2.24, 2.45) is 5.92 Å². The van der Waals surface area contributed by atoms with Gasteiger partial charge >= 0.3 is 39.5 Å². The minimum absolute atomic E-state index is 0.106. The first-order valence-corrected chi connectivity index (χ1v) is 39.1. The van der Waals surface area contributed by atoms with Gasteiger partial charge in [0.15, 0.2) is 12.2 Å². The number of ether oxygens (including phenoxy) is 4. The molecule has 0 aromatic carbocycles. The van der Waals surface area contributed by atoms with Gasteiger partial charge in [-0.05, 0) is 31.6 Å². The summed E-state index contributed by atoms with van der Waals surface area (Å²) in [6, 6.07) is 0. The molecule has 522 valence electrons. The van der Waals surface area contributed by atoms with Gasteiger partial charge < -0.3 is 33.8 Å². The molecule has 0 rings (SSSR count). The highest BCUT2D eigenvalue weighted by Gasteiger charge is 2.30. The molecule has 88 heavy (non-hydrogen) atoms. The van der Waals surface area contributed by atoms with Gasteiger partial charge in [-0.1, -0.05) is 304 Å². The van der Waals surface area contributed by atoms with Crippen LogP contribution >= 0.6 is 15.6 Å². The number of hydrogen-bond donors (Lipinski definition) is 3. The Balaban J connectivity index is 5.14. The summed E-state index contributed by atoms with van der Waals surface area (Å²) in [7, 11) is -9.89. The van der Waals surface area contributed by atoms with Crippen LogP contribution in [0.1, 0.15) is 356 Å². The third-order valence-electron chi connectivity index (χ3n) is 16.0. The molecular weight excluding hydrogens is 1160 g/mol. The molecule has 17 nitrogen and oxygen atoms in total. The predicted octanol–water partition coefficient (Wildman–Crippen LogP) is 19.7. The van der Waals surface area contributed by atoms with Gasteiger partial charge in [0.25, 0.3) is 0 Å². The summed E-state index contributed by atoms with van der Waals surface area (Å²) in [5.74, 6) is -1.42. The third kappa shape index (κ3) is 62.8. The zero-order chi connectivity index (χ0) is 64.9. The summed E-state index contributed by atoms with van der Waals surface area (Å²) in [5.41, 5.74) is 0. The average molecular weight is 1300 g/mol. The normalized spacial score (nSPS) is 14.1. The van der Waals surface area contributed by atoms with Crippen molar-refractivity contribution in [3.05, 3.63) is 0 Å². The first-order chi connectivity index (χ1) is 42.5. The number of carbonyl (C=O) groups is 4. The molecule has 0 fully saturated rings. The monoisotopic (exact) mass is 1300 g/mol. The Hall–Kier alpha value is -1.94. The average Bonchev–Trinajstić information content (AvgIpc) is 3.60. The van der Waals surface area contributed by atoms with Gasteiger partial charge in [-0.3, -0.25) is 37.3 Å². The van der Waals surface area contributed by atoms with Crippen molar-refractivity contribution in [3.8, 4) is 0 Å². The Labute approximate surface area is 537 Å². The highest BCUT2D eigenvalue weighted by atomic mass is 31.2. The molecular formula is C69H134O17P2. The van der Waals surface area contributed by atoms with Gasteiger partial charge in [0.1, 0.15) is 19.3 Å². The number of aliphatic hydroxyl groups excluding tert-OH is 1. The maximum Gasteiger partial charge on any atom is 0.472 e. The Morgan fingerprint density at radius 3 is 0.773 bits per heavy atom. The Bertz CT molecular complexity index is 1700. The molecule has 5 atom stereocenters. The summed E-state index contributed by atoms with van der Waals surface area (Å²) in [5, 5.41) is 10.6. The topological polar surface area (TPSA) is 237 Å². The van der Waals surface area contributed by atoms with Crippen LogP contribution in [0, 0.1) is 5.92 Å². The number of phosphoric acid groups is 2. The number of hydrogen-bond acceptors (Lipinski definition) is 15. The third-order valence-corrected chi connectivity index (χ3v) is 17.9. The summed E-state index contributed by atoms with van der Waals surface area (Å²) in [4.78, 5) is 72.3. The van der Waals surface area contributed by atoms with E-state index in [1.165, 1.54) is 167 Å². The van der Waals surface area contributed by atoms with E-state index in [1.807, 2.05) is 0 Å². The van der Waals surface area contributed by atoms with Gasteiger partial charge in [-0.25, -0.2) is 9.13 Å². The number of unbranched alkanes of at least 4 members (excludes halogenated alkanes) is 41. The second-order valence-corrected chi connectivity index (χ2v) is 28.3. The predicted molar refractivity (Wildman–Crippen MR) is 354 cm³/mol. The van der Waals surface area contributed by atoms with E-state index < -0.39 is 97.5 Å². The van der Waals surface area contributed by atoms with Crippen LogP contribution in [0.2, 0.25) is 0 Å². The lowest BCUT2D eigenvalue weighted by atomic mass is 10.0. The van der Waals surface area contributed by atoms with Gasteiger partial charge in [0.05, 0.1) is 26.4 Å². The standard InChI is InChI=1S/C69H134O17P2/c1-6-9-12-15-18-21-23-24-25-26-27-28-29-30-31-32-34-39-45-50-55-69(74)86-65(59-80-67(72)53-48-43-40-35-36-41-46-51-62(4)5)61-84-88(77,78)82-57-63(70)56-81-87(75,76)83-60-64(58-79-66(71)52-47-42-37-20-17-14-11-8-3)85-68(73)54-49-44-38-33-22-19-16-13-10-7-2/h62-65,70H,6-61H2,1-5H3,(H,75,76)(H,77,78)/t63-,64+,65+/m0/s1. The lowest BCUT2D eigenvalue weighted by molar-refractivity contribution is -0.161. The van der Waals surface area contributed by atoms with E-state index in [4.69, 9.17) is 37.0 Å². The fraction of sp³-hybridized carbons (Fsp3) is 0.942. The van der Waals surface area contributed by atoms with Crippen LogP contribution in [-0.4, -0.2) is 96.7 Å². The van der Waals surface area contributed by atoms with Crippen LogP contribution in [-0.2, 0) is 65.4 Å². The lowest BCUT2D eigenvalue weighted by Crippen LogP contribution is -2.30. The quantitative estimate of drug-likeness (QED) is 0.0222. The minimum Gasteiger partial charge on any atom is -0.462 e. The number of aliphatic hydroxyl groups is 1. The van der Waals surface area contributed by atoms with E-state index in [2.05, 4.69) is 34.6 Å². The van der Waals surface area contributed by atoms with Gasteiger partial charge in [-0.15, -0.1) is 0 Å². The summed E-state index contributed by atoms with van der Waals surface area (Å²) >= 11 is 0.